The maximum atomic E-state index is 10.4. The van der Waals surface area contributed by atoms with Gasteiger partial charge in [0.2, 0.25) is 0 Å². The van der Waals surface area contributed by atoms with Gasteiger partial charge in [0.05, 0.1) is 21.2 Å². The summed E-state index contributed by atoms with van der Waals surface area (Å²) in [6, 6.07) is 18.5. The molecule has 0 radical (unpaired) electrons. The maximum Gasteiger partial charge on any atom is 0.146 e. The number of ether oxygens (including phenoxy) is 1. The molecule has 0 aliphatic heterocycles. The van der Waals surface area contributed by atoms with E-state index in [4.69, 9.17) is 32.5 Å². The quantitative estimate of drug-likeness (QED) is 0.243. The third kappa shape index (κ3) is 5.61. The highest BCUT2D eigenvalue weighted by molar-refractivity contribution is 6.33. The number of aromatic nitrogens is 1. The van der Waals surface area contributed by atoms with Crippen LogP contribution in [0.25, 0.3) is 29.5 Å². The minimum absolute atomic E-state index is 0.0279. The second kappa shape index (κ2) is 10.9. The molecule has 0 amide bonds. The van der Waals surface area contributed by atoms with Gasteiger partial charge in [-0.05, 0) is 53.1 Å². The molecule has 0 unspecified atom stereocenters. The molecule has 178 valence electrons. The summed E-state index contributed by atoms with van der Waals surface area (Å²) in [5, 5.41) is 15.5. The molecule has 1 heterocycles. The van der Waals surface area contributed by atoms with E-state index >= 15 is 0 Å². The summed E-state index contributed by atoms with van der Waals surface area (Å²) < 4.78 is 11.7. The van der Waals surface area contributed by atoms with Crippen LogP contribution in [0, 0.1) is 0 Å². The highest BCUT2D eigenvalue weighted by Crippen LogP contribution is 2.39. The molecule has 6 heteroatoms. The Labute approximate surface area is 215 Å². The smallest absolute Gasteiger partial charge is 0.146 e. The van der Waals surface area contributed by atoms with Gasteiger partial charge in [0.1, 0.15) is 29.6 Å². The predicted octanol–water partition coefficient (Wildman–Crippen LogP) is 8.87. The minimum Gasteiger partial charge on any atom is -0.507 e. The van der Waals surface area contributed by atoms with Crippen LogP contribution in [0.2, 0.25) is 10.0 Å². The number of benzene rings is 3. The van der Waals surface area contributed by atoms with Crippen LogP contribution >= 0.6 is 23.2 Å². The molecule has 4 nitrogen and oxygen atoms in total. The van der Waals surface area contributed by atoms with Crippen LogP contribution in [0.15, 0.2) is 71.8 Å². The highest BCUT2D eigenvalue weighted by atomic mass is 35.5. The topological polar surface area (TPSA) is 55.5 Å². The molecular formula is C29H25Cl2NO3. The van der Waals surface area contributed by atoms with E-state index < -0.39 is 0 Å². The first kappa shape index (κ1) is 24.6. The fourth-order valence-corrected chi connectivity index (χ4v) is 4.22. The van der Waals surface area contributed by atoms with Crippen LogP contribution in [0.3, 0.4) is 0 Å². The Hall–Kier alpha value is -3.47. The first-order valence-electron chi connectivity index (χ1n) is 11.2. The molecule has 1 N–H and O–H groups in total. The molecule has 3 aromatic carbocycles. The van der Waals surface area contributed by atoms with Crippen LogP contribution in [0.1, 0.15) is 47.8 Å². The third-order valence-corrected chi connectivity index (χ3v) is 6.17. The van der Waals surface area contributed by atoms with Crippen molar-refractivity contribution in [2.45, 2.75) is 26.4 Å². The Bertz CT molecular complexity index is 1370. The standard InChI is InChI=1S/C29H25Cl2NO3/c1-4-19-7-5-8-20(15-19)11-12-21-13-14-22(16-25(21)31)34-17-23-28(32-35-29(23)18(2)3)27-24(30)9-6-10-26(27)33/h4-16,18,33H,1,17H2,2-3H3/b12-11+. The number of nitrogens with zero attached hydrogens (tertiary/aromatic N) is 1. The van der Waals surface area contributed by atoms with Crippen LogP contribution in [0.4, 0.5) is 0 Å². The Balaban J connectivity index is 1.56. The fraction of sp³-hybridized carbons (Fsp3) is 0.138. The molecule has 0 aliphatic carbocycles. The van der Waals surface area contributed by atoms with Gasteiger partial charge in [-0.1, -0.05) is 91.3 Å². The maximum absolute atomic E-state index is 10.4. The van der Waals surface area contributed by atoms with Crippen molar-refractivity contribution in [2.75, 3.05) is 0 Å². The lowest BCUT2D eigenvalue weighted by molar-refractivity contribution is 0.298. The van der Waals surface area contributed by atoms with Crippen LogP contribution in [-0.4, -0.2) is 10.3 Å². The fourth-order valence-electron chi connectivity index (χ4n) is 3.72. The summed E-state index contributed by atoms with van der Waals surface area (Å²) in [6.07, 6.45) is 5.78. The molecule has 0 spiro atoms. The van der Waals surface area contributed by atoms with Gasteiger partial charge in [0, 0.05) is 5.92 Å². The van der Waals surface area contributed by atoms with Crippen LogP contribution < -0.4 is 4.74 Å². The molecule has 1 aromatic heterocycles. The molecule has 4 rings (SSSR count). The lowest BCUT2D eigenvalue weighted by Crippen LogP contribution is -2.01. The van der Waals surface area contributed by atoms with Crippen molar-refractivity contribution < 1.29 is 14.4 Å². The first-order chi connectivity index (χ1) is 16.9. The van der Waals surface area contributed by atoms with Gasteiger partial charge in [-0.3, -0.25) is 0 Å². The van der Waals surface area contributed by atoms with E-state index in [1.165, 1.54) is 0 Å². The van der Waals surface area contributed by atoms with Crippen molar-refractivity contribution in [3.63, 3.8) is 0 Å². The zero-order valence-electron chi connectivity index (χ0n) is 19.5. The van der Waals surface area contributed by atoms with Gasteiger partial charge in [-0.15, -0.1) is 0 Å². The zero-order valence-corrected chi connectivity index (χ0v) is 21.0. The van der Waals surface area contributed by atoms with Crippen molar-refractivity contribution in [3.8, 4) is 22.8 Å². The Morgan fingerprint density at radius 2 is 1.77 bits per heavy atom. The van der Waals surface area contributed by atoms with Gasteiger partial charge >= 0.3 is 0 Å². The Morgan fingerprint density at radius 1 is 1.00 bits per heavy atom. The molecule has 0 saturated carbocycles. The van der Waals surface area contributed by atoms with Gasteiger partial charge < -0.3 is 14.4 Å². The molecule has 0 atom stereocenters. The van der Waals surface area contributed by atoms with E-state index in [0.717, 1.165) is 22.3 Å². The van der Waals surface area contributed by atoms with E-state index in [2.05, 4.69) is 17.8 Å². The first-order valence-corrected chi connectivity index (χ1v) is 11.9. The number of phenolic OH excluding ortho intramolecular Hbond substituents is 1. The van der Waals surface area contributed by atoms with Gasteiger partial charge in [0.25, 0.3) is 0 Å². The normalized spacial score (nSPS) is 11.3. The van der Waals surface area contributed by atoms with E-state index in [1.807, 2.05) is 62.4 Å². The van der Waals surface area contributed by atoms with Gasteiger partial charge in [-0.2, -0.15) is 0 Å². The molecular weight excluding hydrogens is 481 g/mol. The average molecular weight is 506 g/mol. The molecule has 0 aliphatic rings. The number of hydrogen-bond acceptors (Lipinski definition) is 4. The summed E-state index contributed by atoms with van der Waals surface area (Å²) in [7, 11) is 0. The summed E-state index contributed by atoms with van der Waals surface area (Å²) in [6.45, 7) is 7.99. The Kier molecular flexibility index (Phi) is 7.64. The molecule has 0 saturated heterocycles. The summed E-state index contributed by atoms with van der Waals surface area (Å²) in [5.74, 6) is 1.37. The summed E-state index contributed by atoms with van der Waals surface area (Å²) in [4.78, 5) is 0. The molecule has 4 aromatic rings. The lowest BCUT2D eigenvalue weighted by Gasteiger charge is -2.11. The number of phenols is 1. The number of halogens is 2. The van der Waals surface area contributed by atoms with E-state index in [0.29, 0.717) is 32.8 Å². The number of rotatable bonds is 8. The van der Waals surface area contributed by atoms with E-state index in [9.17, 15) is 5.11 Å². The van der Waals surface area contributed by atoms with Crippen molar-refractivity contribution in [1.29, 1.82) is 0 Å². The number of aromatic hydroxyl groups is 1. The van der Waals surface area contributed by atoms with Crippen LogP contribution in [0.5, 0.6) is 11.5 Å². The van der Waals surface area contributed by atoms with E-state index in [-0.39, 0.29) is 18.3 Å². The number of hydrogen-bond donors (Lipinski definition) is 1. The predicted molar refractivity (Wildman–Crippen MR) is 144 cm³/mol. The lowest BCUT2D eigenvalue weighted by atomic mass is 10.0. The second-order valence-corrected chi connectivity index (χ2v) is 9.16. The monoisotopic (exact) mass is 505 g/mol. The van der Waals surface area contributed by atoms with Gasteiger partial charge in [0.15, 0.2) is 0 Å². The minimum atomic E-state index is 0.0279. The Morgan fingerprint density at radius 3 is 2.49 bits per heavy atom. The summed E-state index contributed by atoms with van der Waals surface area (Å²) >= 11 is 12.9. The van der Waals surface area contributed by atoms with Crippen molar-refractivity contribution in [3.05, 3.63) is 105 Å². The average Bonchev–Trinajstić information content (AvgIpc) is 3.26. The highest BCUT2D eigenvalue weighted by Gasteiger charge is 2.24. The second-order valence-electron chi connectivity index (χ2n) is 8.34. The van der Waals surface area contributed by atoms with Crippen molar-refractivity contribution in [1.82, 2.24) is 5.16 Å². The summed E-state index contributed by atoms with van der Waals surface area (Å²) in [5.41, 5.74) is 4.60. The largest absolute Gasteiger partial charge is 0.507 e. The van der Waals surface area contributed by atoms with Crippen molar-refractivity contribution in [2.24, 2.45) is 0 Å². The third-order valence-electron chi connectivity index (χ3n) is 5.53. The molecule has 35 heavy (non-hydrogen) atoms. The zero-order chi connectivity index (χ0) is 24.9. The van der Waals surface area contributed by atoms with Crippen molar-refractivity contribution >= 4 is 41.4 Å². The van der Waals surface area contributed by atoms with Crippen LogP contribution in [-0.2, 0) is 6.61 Å². The molecule has 0 bridgehead atoms. The van der Waals surface area contributed by atoms with E-state index in [1.54, 1.807) is 24.3 Å². The molecule has 0 fully saturated rings. The SMILES string of the molecule is C=Cc1cccc(/C=C/c2ccc(OCc3c(-c4c(O)cccc4Cl)noc3C(C)C)cc2Cl)c1. The van der Waals surface area contributed by atoms with Gasteiger partial charge in [-0.25, -0.2) is 0 Å².